The van der Waals surface area contributed by atoms with Crippen LogP contribution < -0.4 is 25.8 Å². The molecule has 1 amide bonds. The fourth-order valence-electron chi connectivity index (χ4n) is 4.58. The third-order valence-electron chi connectivity index (χ3n) is 6.30. The van der Waals surface area contributed by atoms with E-state index in [4.69, 9.17) is 15.2 Å². The van der Waals surface area contributed by atoms with Crippen LogP contribution in [0.15, 0.2) is 49.1 Å². The van der Waals surface area contributed by atoms with Gasteiger partial charge in [-0.25, -0.2) is 4.98 Å². The summed E-state index contributed by atoms with van der Waals surface area (Å²) in [6.45, 7) is 8.60. The predicted octanol–water partition coefficient (Wildman–Crippen LogP) is 4.42. The number of aromatic nitrogens is 3. The molecule has 0 radical (unpaired) electrons. The van der Waals surface area contributed by atoms with E-state index < -0.39 is 5.91 Å². The maximum absolute atomic E-state index is 11.9. The number of rotatable bonds is 14. The molecule has 38 heavy (non-hydrogen) atoms. The Labute approximate surface area is 223 Å². The van der Waals surface area contributed by atoms with Gasteiger partial charge in [0.25, 0.3) is 0 Å². The van der Waals surface area contributed by atoms with E-state index in [1.54, 1.807) is 12.5 Å². The number of ether oxygens (including phenoxy) is 2. The molecular weight excluding hydrogens is 480 g/mol. The molecule has 0 aliphatic carbocycles. The number of fused-ring (bicyclic) bond motifs is 1. The first-order valence-corrected chi connectivity index (χ1v) is 13.1. The highest BCUT2D eigenvalue weighted by Crippen LogP contribution is 2.38. The van der Waals surface area contributed by atoms with Crippen LogP contribution in [0.2, 0.25) is 0 Å². The minimum absolute atomic E-state index is 0.0682. The number of nitrogens with one attached hydrogen (secondary N) is 3. The zero-order valence-electron chi connectivity index (χ0n) is 22.3. The summed E-state index contributed by atoms with van der Waals surface area (Å²) in [7, 11) is 0. The standard InChI is InChI=1S/C29H36N6O3/c1-4-22-19(15-31-11-10-21-17-32-18-34-21)8-7-9-24(22)35-29-20(12-28(30)36)16-33-25-14-27(38-6-3)26(37-5-2)13-23(25)29/h7-9,13-14,16-18,31H,4-6,10-12,15H2,1-3H3,(H2,30,36)(H,32,34)(H,33,35). The van der Waals surface area contributed by atoms with Crippen LogP contribution in [0.5, 0.6) is 11.5 Å². The third kappa shape index (κ3) is 6.41. The van der Waals surface area contributed by atoms with Gasteiger partial charge in [-0.15, -0.1) is 0 Å². The van der Waals surface area contributed by atoms with Gasteiger partial charge in [-0.3, -0.25) is 9.78 Å². The van der Waals surface area contributed by atoms with Gasteiger partial charge in [0, 0.05) is 60.3 Å². The lowest BCUT2D eigenvalue weighted by Gasteiger charge is -2.20. The van der Waals surface area contributed by atoms with E-state index in [-0.39, 0.29) is 6.42 Å². The number of nitrogens with two attached hydrogens (primary N) is 1. The molecule has 4 aromatic rings. The first-order valence-electron chi connectivity index (χ1n) is 13.1. The molecule has 0 aliphatic heterocycles. The van der Waals surface area contributed by atoms with Crippen LogP contribution in [0.4, 0.5) is 11.4 Å². The summed E-state index contributed by atoms with van der Waals surface area (Å²) in [6, 6.07) is 10.1. The molecule has 0 fully saturated rings. The third-order valence-corrected chi connectivity index (χ3v) is 6.30. The summed E-state index contributed by atoms with van der Waals surface area (Å²) in [6.07, 6.45) is 7.04. The smallest absolute Gasteiger partial charge is 0.221 e. The molecule has 2 heterocycles. The number of aromatic amines is 1. The van der Waals surface area contributed by atoms with E-state index in [2.05, 4.69) is 44.6 Å². The van der Waals surface area contributed by atoms with Gasteiger partial charge >= 0.3 is 0 Å². The van der Waals surface area contributed by atoms with E-state index in [9.17, 15) is 4.79 Å². The average molecular weight is 517 g/mol. The SMILES string of the molecule is CCOc1cc2ncc(CC(N)=O)c(Nc3cccc(CNCCc4cnc[nH]4)c3CC)c2cc1OCC. The number of hydrogen-bond donors (Lipinski definition) is 4. The van der Waals surface area contributed by atoms with Crippen molar-refractivity contribution in [2.45, 2.75) is 46.6 Å². The van der Waals surface area contributed by atoms with E-state index in [1.807, 2.05) is 38.2 Å². The number of amides is 1. The molecule has 0 saturated carbocycles. The number of hydrogen-bond acceptors (Lipinski definition) is 7. The Balaban J connectivity index is 1.69. The van der Waals surface area contributed by atoms with Crippen LogP contribution in [0.3, 0.4) is 0 Å². The second kappa shape index (κ2) is 12.9. The van der Waals surface area contributed by atoms with Crippen molar-refractivity contribution in [1.82, 2.24) is 20.3 Å². The van der Waals surface area contributed by atoms with Gasteiger partial charge in [0.15, 0.2) is 11.5 Å². The van der Waals surface area contributed by atoms with Gasteiger partial charge in [0.2, 0.25) is 5.91 Å². The van der Waals surface area contributed by atoms with Crippen molar-refractivity contribution in [3.63, 3.8) is 0 Å². The normalized spacial score (nSPS) is 11.0. The molecule has 9 heteroatoms. The lowest BCUT2D eigenvalue weighted by Crippen LogP contribution is -2.18. The number of nitrogens with zero attached hydrogens (tertiary/aromatic N) is 2. The van der Waals surface area contributed by atoms with Crippen molar-refractivity contribution in [2.75, 3.05) is 25.1 Å². The number of primary amides is 1. The molecule has 2 aromatic heterocycles. The van der Waals surface area contributed by atoms with E-state index in [1.165, 1.54) is 11.1 Å². The molecule has 0 saturated heterocycles. The Kier molecular flexibility index (Phi) is 9.16. The Morgan fingerprint density at radius 3 is 2.53 bits per heavy atom. The van der Waals surface area contributed by atoms with Crippen LogP contribution >= 0.6 is 0 Å². The van der Waals surface area contributed by atoms with Crippen LogP contribution in [-0.4, -0.2) is 40.6 Å². The zero-order valence-corrected chi connectivity index (χ0v) is 22.3. The number of carbonyl (C=O) groups excluding carboxylic acids is 1. The van der Waals surface area contributed by atoms with E-state index >= 15 is 0 Å². The molecule has 9 nitrogen and oxygen atoms in total. The highest BCUT2D eigenvalue weighted by molar-refractivity contribution is 5.98. The van der Waals surface area contributed by atoms with Crippen LogP contribution in [0.1, 0.15) is 43.2 Å². The fourth-order valence-corrected chi connectivity index (χ4v) is 4.58. The first-order chi connectivity index (χ1) is 18.5. The summed E-state index contributed by atoms with van der Waals surface area (Å²) >= 11 is 0. The molecule has 200 valence electrons. The number of benzene rings is 2. The highest BCUT2D eigenvalue weighted by Gasteiger charge is 2.17. The predicted molar refractivity (Wildman–Crippen MR) is 150 cm³/mol. The molecule has 0 atom stereocenters. The summed E-state index contributed by atoms with van der Waals surface area (Å²) in [4.78, 5) is 23.8. The Bertz CT molecular complexity index is 1370. The molecular formula is C29H36N6O3. The maximum Gasteiger partial charge on any atom is 0.221 e. The van der Waals surface area contributed by atoms with Gasteiger partial charge in [-0.1, -0.05) is 19.1 Å². The van der Waals surface area contributed by atoms with Crippen molar-refractivity contribution < 1.29 is 14.3 Å². The largest absolute Gasteiger partial charge is 0.490 e. The number of carbonyl (C=O) groups is 1. The van der Waals surface area contributed by atoms with E-state index in [0.717, 1.165) is 59.5 Å². The maximum atomic E-state index is 11.9. The van der Waals surface area contributed by atoms with Crippen molar-refractivity contribution in [3.05, 3.63) is 71.4 Å². The minimum atomic E-state index is -0.420. The molecule has 2 aromatic carbocycles. The van der Waals surface area contributed by atoms with Gasteiger partial charge in [0.1, 0.15) is 0 Å². The van der Waals surface area contributed by atoms with Crippen molar-refractivity contribution in [1.29, 1.82) is 0 Å². The fraction of sp³-hybridized carbons (Fsp3) is 0.345. The molecule has 5 N–H and O–H groups in total. The van der Waals surface area contributed by atoms with Gasteiger partial charge in [-0.2, -0.15) is 0 Å². The minimum Gasteiger partial charge on any atom is -0.490 e. The number of H-pyrrole nitrogens is 1. The van der Waals surface area contributed by atoms with Crippen LogP contribution in [0.25, 0.3) is 10.9 Å². The molecule has 0 spiro atoms. The Morgan fingerprint density at radius 1 is 1.05 bits per heavy atom. The lowest BCUT2D eigenvalue weighted by molar-refractivity contribution is -0.117. The zero-order chi connectivity index (χ0) is 26.9. The highest BCUT2D eigenvalue weighted by atomic mass is 16.5. The Hall–Kier alpha value is -4.11. The molecule has 0 bridgehead atoms. The monoisotopic (exact) mass is 516 g/mol. The molecule has 0 unspecified atom stereocenters. The van der Waals surface area contributed by atoms with Crippen LogP contribution in [-0.2, 0) is 30.6 Å². The Morgan fingerprint density at radius 2 is 1.84 bits per heavy atom. The summed E-state index contributed by atoms with van der Waals surface area (Å²) in [5.41, 5.74) is 12.4. The summed E-state index contributed by atoms with van der Waals surface area (Å²) < 4.78 is 11.7. The number of imidazole rings is 1. The lowest BCUT2D eigenvalue weighted by atomic mass is 10.0. The number of anilines is 2. The molecule has 0 aliphatic rings. The first kappa shape index (κ1) is 26.9. The number of pyridine rings is 1. The van der Waals surface area contributed by atoms with Crippen molar-refractivity contribution in [3.8, 4) is 11.5 Å². The van der Waals surface area contributed by atoms with E-state index in [0.29, 0.717) is 24.7 Å². The average Bonchev–Trinajstić information content (AvgIpc) is 3.42. The second-order valence-electron chi connectivity index (χ2n) is 8.91. The topological polar surface area (TPSA) is 127 Å². The summed E-state index contributed by atoms with van der Waals surface area (Å²) in [5.74, 6) is 0.852. The van der Waals surface area contributed by atoms with Gasteiger partial charge in [-0.05, 0) is 43.5 Å². The van der Waals surface area contributed by atoms with Crippen LogP contribution in [0, 0.1) is 0 Å². The summed E-state index contributed by atoms with van der Waals surface area (Å²) in [5, 5.41) is 8.00. The quantitative estimate of drug-likeness (QED) is 0.183. The van der Waals surface area contributed by atoms with Gasteiger partial charge in [0.05, 0.1) is 37.2 Å². The van der Waals surface area contributed by atoms with Crippen molar-refractivity contribution >= 4 is 28.2 Å². The van der Waals surface area contributed by atoms with Gasteiger partial charge < -0.3 is 30.8 Å². The van der Waals surface area contributed by atoms with Crippen molar-refractivity contribution in [2.24, 2.45) is 5.73 Å². The second-order valence-corrected chi connectivity index (χ2v) is 8.91. The molecule has 4 rings (SSSR count).